The Morgan fingerprint density at radius 2 is 2.31 bits per heavy atom. The summed E-state index contributed by atoms with van der Waals surface area (Å²) in [6.45, 7) is 5.48. The van der Waals surface area contributed by atoms with Crippen molar-refractivity contribution < 1.29 is 4.74 Å². The highest BCUT2D eigenvalue weighted by Crippen LogP contribution is 2.40. The highest BCUT2D eigenvalue weighted by Gasteiger charge is 2.26. The van der Waals surface area contributed by atoms with E-state index < -0.39 is 0 Å². The molecule has 1 aromatic carbocycles. The van der Waals surface area contributed by atoms with Crippen LogP contribution in [0.25, 0.3) is 0 Å². The number of methoxy groups -OCH3 is 1. The summed E-state index contributed by atoms with van der Waals surface area (Å²) >= 11 is 1.95. The van der Waals surface area contributed by atoms with E-state index in [1.807, 2.05) is 17.8 Å². The van der Waals surface area contributed by atoms with Crippen LogP contribution in [-0.2, 0) is 0 Å². The molecule has 1 aromatic rings. The first kappa shape index (κ1) is 11.8. The molecule has 0 aliphatic carbocycles. The summed E-state index contributed by atoms with van der Waals surface area (Å²) in [7, 11) is 1.73. The molecular formula is C13H19NOS. The van der Waals surface area contributed by atoms with Crippen molar-refractivity contribution in [3.63, 3.8) is 0 Å². The summed E-state index contributed by atoms with van der Waals surface area (Å²) in [5.41, 5.74) is 1.39. The Kier molecular flexibility index (Phi) is 3.77. The normalized spacial score (nSPS) is 23.9. The molecule has 0 amide bonds. The minimum Gasteiger partial charge on any atom is -0.497 e. The molecule has 1 aliphatic rings. The van der Waals surface area contributed by atoms with E-state index in [2.05, 4.69) is 31.3 Å². The van der Waals surface area contributed by atoms with Crippen LogP contribution in [0.4, 0.5) is 0 Å². The topological polar surface area (TPSA) is 21.3 Å². The third kappa shape index (κ3) is 2.20. The van der Waals surface area contributed by atoms with Gasteiger partial charge in [-0.1, -0.05) is 13.8 Å². The second-order valence-electron chi connectivity index (χ2n) is 4.23. The molecular weight excluding hydrogens is 218 g/mol. The number of ether oxygens (including phenoxy) is 1. The van der Waals surface area contributed by atoms with E-state index in [1.54, 1.807) is 7.11 Å². The van der Waals surface area contributed by atoms with Crippen LogP contribution < -0.4 is 10.1 Å². The summed E-state index contributed by atoms with van der Waals surface area (Å²) in [5, 5.41) is 3.57. The van der Waals surface area contributed by atoms with Gasteiger partial charge in [-0.3, -0.25) is 0 Å². The number of hydrogen-bond donors (Lipinski definition) is 1. The second kappa shape index (κ2) is 5.11. The van der Waals surface area contributed by atoms with E-state index >= 15 is 0 Å². The number of nitrogens with one attached hydrogen (secondary N) is 1. The first-order chi connectivity index (χ1) is 7.76. The lowest BCUT2D eigenvalue weighted by Gasteiger charge is -2.31. The van der Waals surface area contributed by atoms with Crippen LogP contribution in [0.2, 0.25) is 0 Å². The Bertz CT molecular complexity index is 367. The van der Waals surface area contributed by atoms with E-state index in [-0.39, 0.29) is 0 Å². The molecule has 0 saturated carbocycles. The van der Waals surface area contributed by atoms with Crippen molar-refractivity contribution in [1.82, 2.24) is 5.32 Å². The minimum atomic E-state index is 0.469. The SMILES string of the molecule is CCNC1c2cc(OC)ccc2SCC1C. The van der Waals surface area contributed by atoms with E-state index in [0.29, 0.717) is 12.0 Å². The predicted octanol–water partition coefficient (Wildman–Crippen LogP) is 3.09. The molecule has 1 N–H and O–H groups in total. The zero-order valence-corrected chi connectivity index (χ0v) is 10.9. The third-order valence-electron chi connectivity index (χ3n) is 3.05. The molecule has 3 heteroatoms. The summed E-state index contributed by atoms with van der Waals surface area (Å²) in [5.74, 6) is 2.82. The average Bonchev–Trinajstić information content (AvgIpc) is 2.32. The molecule has 1 aliphatic heterocycles. The van der Waals surface area contributed by atoms with Crippen LogP contribution in [0.3, 0.4) is 0 Å². The number of rotatable bonds is 3. The monoisotopic (exact) mass is 237 g/mol. The van der Waals surface area contributed by atoms with E-state index in [4.69, 9.17) is 4.74 Å². The van der Waals surface area contributed by atoms with Gasteiger partial charge in [-0.15, -0.1) is 11.8 Å². The van der Waals surface area contributed by atoms with Gasteiger partial charge in [0.05, 0.1) is 7.11 Å². The molecule has 2 unspecified atom stereocenters. The van der Waals surface area contributed by atoms with Crippen molar-refractivity contribution in [3.05, 3.63) is 23.8 Å². The third-order valence-corrected chi connectivity index (χ3v) is 4.42. The van der Waals surface area contributed by atoms with Crippen LogP contribution in [0, 0.1) is 5.92 Å². The second-order valence-corrected chi connectivity index (χ2v) is 5.29. The first-order valence-corrected chi connectivity index (χ1v) is 6.79. The fourth-order valence-corrected chi connectivity index (χ4v) is 3.33. The fourth-order valence-electron chi connectivity index (χ4n) is 2.18. The lowest BCUT2D eigenvalue weighted by molar-refractivity contribution is 0.398. The van der Waals surface area contributed by atoms with Gasteiger partial charge in [0.15, 0.2) is 0 Å². The van der Waals surface area contributed by atoms with Crippen molar-refractivity contribution in [2.24, 2.45) is 5.92 Å². The van der Waals surface area contributed by atoms with Crippen molar-refractivity contribution in [2.45, 2.75) is 24.8 Å². The van der Waals surface area contributed by atoms with E-state index in [0.717, 1.165) is 12.3 Å². The standard InChI is InChI=1S/C13H19NOS/c1-4-14-13-9(2)8-16-12-6-5-10(15-3)7-11(12)13/h5-7,9,13-14H,4,8H2,1-3H3. The Morgan fingerprint density at radius 3 is 3.00 bits per heavy atom. The van der Waals surface area contributed by atoms with Crippen LogP contribution in [0.1, 0.15) is 25.5 Å². The maximum Gasteiger partial charge on any atom is 0.119 e. The van der Waals surface area contributed by atoms with E-state index in [1.165, 1.54) is 16.2 Å². The van der Waals surface area contributed by atoms with Gasteiger partial charge < -0.3 is 10.1 Å². The van der Waals surface area contributed by atoms with Crippen LogP contribution >= 0.6 is 11.8 Å². The Balaban J connectivity index is 2.35. The largest absolute Gasteiger partial charge is 0.497 e. The van der Waals surface area contributed by atoms with Crippen LogP contribution in [0.5, 0.6) is 5.75 Å². The highest BCUT2D eigenvalue weighted by atomic mass is 32.2. The zero-order chi connectivity index (χ0) is 11.5. The molecule has 2 nitrogen and oxygen atoms in total. The number of fused-ring (bicyclic) bond motifs is 1. The summed E-state index contributed by atoms with van der Waals surface area (Å²) in [4.78, 5) is 1.39. The molecule has 16 heavy (non-hydrogen) atoms. The summed E-state index contributed by atoms with van der Waals surface area (Å²) < 4.78 is 5.30. The molecule has 2 rings (SSSR count). The van der Waals surface area contributed by atoms with Crippen LogP contribution in [0.15, 0.2) is 23.1 Å². The highest BCUT2D eigenvalue weighted by molar-refractivity contribution is 7.99. The first-order valence-electron chi connectivity index (χ1n) is 5.80. The molecule has 1 heterocycles. The van der Waals surface area contributed by atoms with Gasteiger partial charge in [0.25, 0.3) is 0 Å². The molecule has 2 atom stereocenters. The van der Waals surface area contributed by atoms with Gasteiger partial charge in [-0.2, -0.15) is 0 Å². The van der Waals surface area contributed by atoms with Gasteiger partial charge >= 0.3 is 0 Å². The summed E-state index contributed by atoms with van der Waals surface area (Å²) in [6.07, 6.45) is 0. The maximum atomic E-state index is 5.30. The van der Waals surface area contributed by atoms with Gasteiger partial charge in [-0.05, 0) is 36.2 Å². The van der Waals surface area contributed by atoms with Gasteiger partial charge in [0.1, 0.15) is 5.75 Å². The molecule has 0 aromatic heterocycles. The quantitative estimate of drug-likeness (QED) is 0.873. The van der Waals surface area contributed by atoms with Gasteiger partial charge in [0, 0.05) is 16.7 Å². The predicted molar refractivity (Wildman–Crippen MR) is 69.3 cm³/mol. The molecule has 0 spiro atoms. The maximum absolute atomic E-state index is 5.30. The minimum absolute atomic E-state index is 0.469. The fraction of sp³-hybridized carbons (Fsp3) is 0.538. The molecule has 0 fully saturated rings. The average molecular weight is 237 g/mol. The number of benzene rings is 1. The van der Waals surface area contributed by atoms with E-state index in [9.17, 15) is 0 Å². The molecule has 0 bridgehead atoms. The van der Waals surface area contributed by atoms with Crippen molar-refractivity contribution in [3.8, 4) is 5.75 Å². The van der Waals surface area contributed by atoms with Crippen molar-refractivity contribution in [2.75, 3.05) is 19.4 Å². The Hall–Kier alpha value is -0.670. The number of thioether (sulfide) groups is 1. The molecule has 0 radical (unpaired) electrons. The molecule has 0 saturated heterocycles. The van der Waals surface area contributed by atoms with Crippen molar-refractivity contribution >= 4 is 11.8 Å². The van der Waals surface area contributed by atoms with Gasteiger partial charge in [-0.25, -0.2) is 0 Å². The number of hydrogen-bond acceptors (Lipinski definition) is 3. The van der Waals surface area contributed by atoms with Gasteiger partial charge in [0.2, 0.25) is 0 Å². The molecule has 88 valence electrons. The smallest absolute Gasteiger partial charge is 0.119 e. The lowest BCUT2D eigenvalue weighted by Crippen LogP contribution is -2.30. The van der Waals surface area contributed by atoms with Crippen molar-refractivity contribution in [1.29, 1.82) is 0 Å². The zero-order valence-electron chi connectivity index (χ0n) is 10.1. The lowest BCUT2D eigenvalue weighted by atomic mass is 9.95. The summed E-state index contributed by atoms with van der Waals surface area (Å²) in [6, 6.07) is 6.86. The Morgan fingerprint density at radius 1 is 1.50 bits per heavy atom. The van der Waals surface area contributed by atoms with Crippen LogP contribution in [-0.4, -0.2) is 19.4 Å². The Labute approximate surface area is 102 Å².